The van der Waals surface area contributed by atoms with Crippen LogP contribution in [-0.2, 0) is 6.54 Å². The molecule has 0 saturated carbocycles. The molecule has 1 aliphatic rings. The Labute approximate surface area is 111 Å². The largest absolute Gasteiger partial charge is 0.370 e. The topological polar surface area (TPSA) is 32.5 Å². The van der Waals surface area contributed by atoms with Crippen LogP contribution in [0.3, 0.4) is 0 Å². The number of hydrogen-bond acceptors (Lipinski definition) is 3. The van der Waals surface area contributed by atoms with Crippen LogP contribution >= 0.6 is 0 Å². The van der Waals surface area contributed by atoms with Crippen LogP contribution < -0.4 is 10.6 Å². The number of likely N-dealkylation sites (N-methyl/N-ethyl adjacent to an activating group) is 1. The third-order valence-electron chi connectivity index (χ3n) is 4.04. The summed E-state index contributed by atoms with van der Waals surface area (Å²) in [4.78, 5) is 4.84. The molecule has 100 valence electrons. The molecular weight excluding hydrogens is 222 g/mol. The summed E-state index contributed by atoms with van der Waals surface area (Å²) in [5, 5.41) is 0. The second-order valence-corrected chi connectivity index (χ2v) is 5.52. The number of benzene rings is 1. The molecule has 3 heteroatoms. The Balaban J connectivity index is 2.13. The van der Waals surface area contributed by atoms with E-state index in [0.717, 1.165) is 6.54 Å². The van der Waals surface area contributed by atoms with Crippen molar-refractivity contribution in [2.24, 2.45) is 5.73 Å². The zero-order valence-corrected chi connectivity index (χ0v) is 11.8. The normalized spacial score (nSPS) is 20.5. The molecule has 0 radical (unpaired) electrons. The highest BCUT2D eigenvalue weighted by atomic mass is 15.2. The maximum absolute atomic E-state index is 5.72. The Kier molecular flexibility index (Phi) is 4.25. The van der Waals surface area contributed by atoms with E-state index in [0.29, 0.717) is 12.6 Å². The van der Waals surface area contributed by atoms with Crippen molar-refractivity contribution in [2.75, 3.05) is 32.1 Å². The molecule has 0 spiro atoms. The van der Waals surface area contributed by atoms with Crippen molar-refractivity contribution >= 4 is 5.69 Å². The summed E-state index contributed by atoms with van der Waals surface area (Å²) < 4.78 is 0. The Morgan fingerprint density at radius 2 is 2.17 bits per heavy atom. The van der Waals surface area contributed by atoms with E-state index in [-0.39, 0.29) is 0 Å². The minimum Gasteiger partial charge on any atom is -0.370 e. The highest BCUT2D eigenvalue weighted by Crippen LogP contribution is 2.24. The highest BCUT2D eigenvalue weighted by molar-refractivity contribution is 5.51. The summed E-state index contributed by atoms with van der Waals surface area (Å²) in [6, 6.07) is 7.34. The number of nitrogens with zero attached hydrogens (tertiary/aromatic N) is 2. The van der Waals surface area contributed by atoms with Crippen molar-refractivity contribution in [3.63, 3.8) is 0 Å². The van der Waals surface area contributed by atoms with E-state index in [2.05, 4.69) is 49.0 Å². The summed E-state index contributed by atoms with van der Waals surface area (Å²) in [7, 11) is 4.36. The lowest BCUT2D eigenvalue weighted by atomic mass is 10.0. The lowest BCUT2D eigenvalue weighted by molar-refractivity contribution is 0.258. The number of piperidine rings is 1. The van der Waals surface area contributed by atoms with Crippen LogP contribution in [0.1, 0.15) is 24.0 Å². The van der Waals surface area contributed by atoms with Gasteiger partial charge in [0.1, 0.15) is 0 Å². The lowest BCUT2D eigenvalue weighted by Gasteiger charge is -2.37. The molecule has 1 saturated heterocycles. The molecule has 1 unspecified atom stereocenters. The minimum absolute atomic E-state index is 0.631. The maximum Gasteiger partial charge on any atom is 0.0369 e. The fourth-order valence-corrected chi connectivity index (χ4v) is 2.72. The SMILES string of the molecule is Cc1cc(N2CCCC(N(C)C)C2)ccc1CN. The number of anilines is 1. The first kappa shape index (κ1) is 13.4. The summed E-state index contributed by atoms with van der Waals surface area (Å²) >= 11 is 0. The number of rotatable bonds is 3. The fraction of sp³-hybridized carbons (Fsp3) is 0.600. The van der Waals surface area contributed by atoms with Gasteiger partial charge in [-0.3, -0.25) is 0 Å². The zero-order valence-electron chi connectivity index (χ0n) is 11.8. The first-order chi connectivity index (χ1) is 8.61. The molecule has 2 N–H and O–H groups in total. The smallest absolute Gasteiger partial charge is 0.0369 e. The Bertz CT molecular complexity index is 401. The van der Waals surface area contributed by atoms with Gasteiger partial charge in [-0.25, -0.2) is 0 Å². The van der Waals surface area contributed by atoms with Crippen LogP contribution in [-0.4, -0.2) is 38.1 Å². The van der Waals surface area contributed by atoms with Crippen LogP contribution in [0.2, 0.25) is 0 Å². The van der Waals surface area contributed by atoms with E-state index in [1.54, 1.807) is 0 Å². The minimum atomic E-state index is 0.631. The van der Waals surface area contributed by atoms with E-state index in [1.165, 1.54) is 36.2 Å². The first-order valence-corrected chi connectivity index (χ1v) is 6.83. The lowest BCUT2D eigenvalue weighted by Crippen LogP contribution is -2.45. The van der Waals surface area contributed by atoms with Gasteiger partial charge in [0.15, 0.2) is 0 Å². The molecule has 1 fully saturated rings. The second kappa shape index (κ2) is 5.72. The fourth-order valence-electron chi connectivity index (χ4n) is 2.72. The predicted molar refractivity (Wildman–Crippen MR) is 78.0 cm³/mol. The Morgan fingerprint density at radius 3 is 2.78 bits per heavy atom. The molecule has 1 aromatic carbocycles. The molecule has 2 rings (SSSR count). The van der Waals surface area contributed by atoms with Crippen molar-refractivity contribution in [3.05, 3.63) is 29.3 Å². The number of nitrogens with two attached hydrogens (primary N) is 1. The monoisotopic (exact) mass is 247 g/mol. The average Bonchev–Trinajstić information content (AvgIpc) is 2.38. The van der Waals surface area contributed by atoms with E-state index in [9.17, 15) is 0 Å². The molecule has 0 amide bonds. The summed E-state index contributed by atoms with van der Waals surface area (Å²) in [5.41, 5.74) is 9.62. The molecular formula is C15H25N3. The van der Waals surface area contributed by atoms with Gasteiger partial charge in [0.05, 0.1) is 0 Å². The van der Waals surface area contributed by atoms with Gasteiger partial charge in [0.2, 0.25) is 0 Å². The molecule has 1 aromatic rings. The Hall–Kier alpha value is -1.06. The molecule has 1 atom stereocenters. The Morgan fingerprint density at radius 1 is 1.39 bits per heavy atom. The number of aryl methyl sites for hydroxylation is 1. The quantitative estimate of drug-likeness (QED) is 0.886. The third kappa shape index (κ3) is 2.85. The van der Waals surface area contributed by atoms with Gasteiger partial charge in [-0.05, 0) is 57.1 Å². The van der Waals surface area contributed by atoms with Crippen LogP contribution in [0.15, 0.2) is 18.2 Å². The average molecular weight is 247 g/mol. The van der Waals surface area contributed by atoms with Crippen LogP contribution in [0.5, 0.6) is 0 Å². The second-order valence-electron chi connectivity index (χ2n) is 5.52. The molecule has 0 bridgehead atoms. The van der Waals surface area contributed by atoms with Crippen LogP contribution in [0, 0.1) is 6.92 Å². The predicted octanol–water partition coefficient (Wildman–Crippen LogP) is 1.98. The van der Waals surface area contributed by atoms with E-state index in [1.807, 2.05) is 0 Å². The van der Waals surface area contributed by atoms with Crippen molar-refractivity contribution in [2.45, 2.75) is 32.4 Å². The van der Waals surface area contributed by atoms with Gasteiger partial charge in [-0.15, -0.1) is 0 Å². The molecule has 18 heavy (non-hydrogen) atoms. The van der Waals surface area contributed by atoms with Crippen LogP contribution in [0.4, 0.5) is 5.69 Å². The number of hydrogen-bond donors (Lipinski definition) is 1. The highest BCUT2D eigenvalue weighted by Gasteiger charge is 2.21. The van der Waals surface area contributed by atoms with Crippen LogP contribution in [0.25, 0.3) is 0 Å². The molecule has 1 aliphatic heterocycles. The summed E-state index contributed by atoms with van der Waals surface area (Å²) in [6.45, 7) is 5.09. The van der Waals surface area contributed by atoms with Gasteiger partial charge < -0.3 is 15.5 Å². The third-order valence-corrected chi connectivity index (χ3v) is 4.04. The van der Waals surface area contributed by atoms with Crippen molar-refractivity contribution in [3.8, 4) is 0 Å². The molecule has 3 nitrogen and oxygen atoms in total. The van der Waals surface area contributed by atoms with E-state index in [4.69, 9.17) is 5.73 Å². The maximum atomic E-state index is 5.72. The van der Waals surface area contributed by atoms with Gasteiger partial charge >= 0.3 is 0 Å². The van der Waals surface area contributed by atoms with Crippen molar-refractivity contribution < 1.29 is 0 Å². The summed E-state index contributed by atoms with van der Waals surface area (Å²) in [5.74, 6) is 0. The van der Waals surface area contributed by atoms with Gasteiger partial charge in [-0.1, -0.05) is 6.07 Å². The first-order valence-electron chi connectivity index (χ1n) is 6.83. The van der Waals surface area contributed by atoms with Crippen molar-refractivity contribution in [1.29, 1.82) is 0 Å². The standard InChI is InChI=1S/C15H25N3/c1-12-9-14(7-6-13(12)10-16)18-8-4-5-15(11-18)17(2)3/h6-7,9,15H,4-5,8,10-11,16H2,1-3H3. The summed E-state index contributed by atoms with van der Waals surface area (Å²) in [6.07, 6.45) is 2.59. The van der Waals surface area contributed by atoms with Gasteiger partial charge in [0, 0.05) is 31.4 Å². The molecule has 0 aliphatic carbocycles. The van der Waals surface area contributed by atoms with Crippen molar-refractivity contribution in [1.82, 2.24) is 4.90 Å². The molecule has 0 aromatic heterocycles. The van der Waals surface area contributed by atoms with Gasteiger partial charge in [0.25, 0.3) is 0 Å². The van der Waals surface area contributed by atoms with Gasteiger partial charge in [-0.2, -0.15) is 0 Å². The van der Waals surface area contributed by atoms with E-state index < -0.39 is 0 Å². The zero-order chi connectivity index (χ0) is 13.1. The molecule has 1 heterocycles. The van der Waals surface area contributed by atoms with E-state index >= 15 is 0 Å².